The van der Waals surface area contributed by atoms with Gasteiger partial charge in [-0.1, -0.05) is 18.2 Å². The molecule has 20 heavy (non-hydrogen) atoms. The van der Waals surface area contributed by atoms with Gasteiger partial charge in [-0.2, -0.15) is 0 Å². The van der Waals surface area contributed by atoms with Crippen molar-refractivity contribution in [3.05, 3.63) is 54.4 Å². The van der Waals surface area contributed by atoms with Gasteiger partial charge in [0.15, 0.2) is 0 Å². The fourth-order valence-corrected chi connectivity index (χ4v) is 1.68. The maximum Gasteiger partial charge on any atom is 0.270 e. The Balaban J connectivity index is 2.02. The largest absolute Gasteiger partial charge is 0.383 e. The lowest BCUT2D eigenvalue weighted by Crippen LogP contribution is -2.27. The van der Waals surface area contributed by atoms with Crippen molar-refractivity contribution in [2.75, 3.05) is 25.6 Å². The van der Waals surface area contributed by atoms with Crippen LogP contribution in [0.25, 0.3) is 0 Å². The van der Waals surface area contributed by atoms with Crippen LogP contribution in [0.1, 0.15) is 10.5 Å². The van der Waals surface area contributed by atoms with Crippen molar-refractivity contribution < 1.29 is 9.53 Å². The smallest absolute Gasteiger partial charge is 0.270 e. The summed E-state index contributed by atoms with van der Waals surface area (Å²) in [6, 6.07) is 13.3. The molecule has 0 saturated heterocycles. The molecule has 0 saturated carbocycles. The van der Waals surface area contributed by atoms with Crippen molar-refractivity contribution in [2.45, 2.75) is 0 Å². The highest BCUT2D eigenvalue weighted by atomic mass is 16.5. The Morgan fingerprint density at radius 3 is 2.75 bits per heavy atom. The summed E-state index contributed by atoms with van der Waals surface area (Å²) < 4.78 is 4.88. The standard InChI is InChI=1S/C15H17N3O2/c1-20-10-9-17-15(19)14-11-13(7-8-16-14)18-12-5-3-2-4-6-12/h2-8,11H,9-10H2,1H3,(H,16,18)(H,17,19). The van der Waals surface area contributed by atoms with Crippen molar-refractivity contribution >= 4 is 17.3 Å². The fourth-order valence-electron chi connectivity index (χ4n) is 1.68. The van der Waals surface area contributed by atoms with Gasteiger partial charge in [0, 0.05) is 31.2 Å². The Morgan fingerprint density at radius 2 is 2.00 bits per heavy atom. The first-order valence-electron chi connectivity index (χ1n) is 6.35. The van der Waals surface area contributed by atoms with Crippen molar-refractivity contribution in [1.82, 2.24) is 10.3 Å². The number of nitrogens with zero attached hydrogens (tertiary/aromatic N) is 1. The van der Waals surface area contributed by atoms with Crippen LogP contribution in [-0.4, -0.2) is 31.2 Å². The first-order chi connectivity index (χ1) is 9.79. The van der Waals surface area contributed by atoms with E-state index >= 15 is 0 Å². The summed E-state index contributed by atoms with van der Waals surface area (Å²) in [7, 11) is 1.59. The number of nitrogens with one attached hydrogen (secondary N) is 2. The minimum Gasteiger partial charge on any atom is -0.383 e. The monoisotopic (exact) mass is 271 g/mol. The zero-order valence-electron chi connectivity index (χ0n) is 11.3. The van der Waals surface area contributed by atoms with Crippen LogP contribution in [0.4, 0.5) is 11.4 Å². The average molecular weight is 271 g/mol. The number of para-hydroxylation sites is 1. The molecule has 2 rings (SSSR count). The van der Waals surface area contributed by atoms with Crippen LogP contribution in [0.3, 0.4) is 0 Å². The third-order valence-electron chi connectivity index (χ3n) is 2.65. The topological polar surface area (TPSA) is 63.2 Å². The molecule has 0 unspecified atom stereocenters. The zero-order chi connectivity index (χ0) is 14.2. The van der Waals surface area contributed by atoms with E-state index in [4.69, 9.17) is 4.74 Å². The normalized spacial score (nSPS) is 10.1. The predicted molar refractivity (Wildman–Crippen MR) is 78.2 cm³/mol. The van der Waals surface area contributed by atoms with Crippen LogP contribution in [0.2, 0.25) is 0 Å². The van der Waals surface area contributed by atoms with Gasteiger partial charge in [-0.3, -0.25) is 9.78 Å². The van der Waals surface area contributed by atoms with Crippen molar-refractivity contribution in [3.8, 4) is 0 Å². The van der Waals surface area contributed by atoms with Gasteiger partial charge in [-0.05, 0) is 24.3 Å². The van der Waals surface area contributed by atoms with Crippen LogP contribution < -0.4 is 10.6 Å². The van der Waals surface area contributed by atoms with Gasteiger partial charge in [0.1, 0.15) is 5.69 Å². The van der Waals surface area contributed by atoms with Crippen LogP contribution in [0.15, 0.2) is 48.7 Å². The summed E-state index contributed by atoms with van der Waals surface area (Å²) in [5.41, 5.74) is 2.16. The van der Waals surface area contributed by atoms with Crippen molar-refractivity contribution in [3.63, 3.8) is 0 Å². The van der Waals surface area contributed by atoms with Gasteiger partial charge in [0.05, 0.1) is 6.61 Å². The van der Waals surface area contributed by atoms with Gasteiger partial charge < -0.3 is 15.4 Å². The van der Waals surface area contributed by atoms with Crippen LogP contribution in [-0.2, 0) is 4.74 Å². The van der Waals surface area contributed by atoms with Crippen molar-refractivity contribution in [2.24, 2.45) is 0 Å². The lowest BCUT2D eigenvalue weighted by atomic mass is 10.2. The number of carbonyl (C=O) groups excluding carboxylic acids is 1. The van der Waals surface area contributed by atoms with Gasteiger partial charge in [-0.25, -0.2) is 0 Å². The van der Waals surface area contributed by atoms with E-state index in [1.165, 1.54) is 0 Å². The molecule has 1 aromatic heterocycles. The van der Waals surface area contributed by atoms with E-state index in [1.807, 2.05) is 36.4 Å². The highest BCUT2D eigenvalue weighted by Gasteiger charge is 2.07. The van der Waals surface area contributed by atoms with E-state index in [-0.39, 0.29) is 5.91 Å². The lowest BCUT2D eigenvalue weighted by Gasteiger charge is -2.08. The summed E-state index contributed by atoms with van der Waals surface area (Å²) in [6.45, 7) is 0.945. The molecule has 0 fully saturated rings. The number of hydrogen-bond donors (Lipinski definition) is 2. The molecule has 1 amide bonds. The molecule has 1 aromatic carbocycles. The van der Waals surface area contributed by atoms with E-state index < -0.39 is 0 Å². The number of ether oxygens (including phenoxy) is 1. The number of hydrogen-bond acceptors (Lipinski definition) is 4. The second-order valence-electron chi connectivity index (χ2n) is 4.17. The van der Waals surface area contributed by atoms with Crippen LogP contribution >= 0.6 is 0 Å². The second-order valence-corrected chi connectivity index (χ2v) is 4.17. The van der Waals surface area contributed by atoms with E-state index in [2.05, 4.69) is 15.6 Å². The molecule has 0 aliphatic heterocycles. The van der Waals surface area contributed by atoms with Gasteiger partial charge >= 0.3 is 0 Å². The molecule has 0 atom stereocenters. The number of pyridine rings is 1. The summed E-state index contributed by atoms with van der Waals surface area (Å²) in [6.07, 6.45) is 1.61. The summed E-state index contributed by atoms with van der Waals surface area (Å²) in [4.78, 5) is 15.9. The number of methoxy groups -OCH3 is 1. The third-order valence-corrected chi connectivity index (χ3v) is 2.65. The maximum absolute atomic E-state index is 11.9. The number of anilines is 2. The molecule has 0 aliphatic rings. The second kappa shape index (κ2) is 7.25. The highest BCUT2D eigenvalue weighted by Crippen LogP contribution is 2.15. The Kier molecular flexibility index (Phi) is 5.08. The first-order valence-corrected chi connectivity index (χ1v) is 6.35. The third kappa shape index (κ3) is 4.07. The molecule has 2 N–H and O–H groups in total. The number of benzene rings is 1. The molecule has 2 aromatic rings. The minimum absolute atomic E-state index is 0.209. The van der Waals surface area contributed by atoms with E-state index in [0.717, 1.165) is 11.4 Å². The lowest BCUT2D eigenvalue weighted by molar-refractivity contribution is 0.0932. The summed E-state index contributed by atoms with van der Waals surface area (Å²) in [5, 5.41) is 5.96. The molecule has 104 valence electrons. The fraction of sp³-hybridized carbons (Fsp3) is 0.200. The predicted octanol–water partition coefficient (Wildman–Crippen LogP) is 2.20. The van der Waals surface area contributed by atoms with Crippen molar-refractivity contribution in [1.29, 1.82) is 0 Å². The summed E-state index contributed by atoms with van der Waals surface area (Å²) in [5.74, 6) is -0.209. The Hall–Kier alpha value is -2.40. The number of amides is 1. The number of rotatable bonds is 6. The van der Waals surface area contributed by atoms with E-state index in [9.17, 15) is 4.79 Å². The van der Waals surface area contributed by atoms with Crippen LogP contribution in [0.5, 0.6) is 0 Å². The van der Waals surface area contributed by atoms with Gasteiger partial charge in [-0.15, -0.1) is 0 Å². The van der Waals surface area contributed by atoms with E-state index in [1.54, 1.807) is 19.4 Å². The first kappa shape index (κ1) is 14.0. The number of carbonyl (C=O) groups is 1. The highest BCUT2D eigenvalue weighted by molar-refractivity contribution is 5.93. The SMILES string of the molecule is COCCNC(=O)c1cc(Nc2ccccc2)ccn1. The molecule has 0 spiro atoms. The molecule has 0 aliphatic carbocycles. The van der Waals surface area contributed by atoms with Gasteiger partial charge in [0.25, 0.3) is 5.91 Å². The minimum atomic E-state index is -0.209. The number of aromatic nitrogens is 1. The Morgan fingerprint density at radius 1 is 1.20 bits per heavy atom. The molecule has 5 heteroatoms. The summed E-state index contributed by atoms with van der Waals surface area (Å²) >= 11 is 0. The van der Waals surface area contributed by atoms with E-state index in [0.29, 0.717) is 18.8 Å². The Bertz CT molecular complexity index is 558. The molecule has 0 bridgehead atoms. The Labute approximate surface area is 118 Å². The molecule has 5 nitrogen and oxygen atoms in total. The quantitative estimate of drug-likeness (QED) is 0.791. The average Bonchev–Trinajstić information content (AvgIpc) is 2.49. The van der Waals surface area contributed by atoms with Crippen LogP contribution in [0, 0.1) is 0 Å². The molecular formula is C15H17N3O2. The molecule has 1 heterocycles. The van der Waals surface area contributed by atoms with Gasteiger partial charge in [0.2, 0.25) is 0 Å². The maximum atomic E-state index is 11.9. The molecule has 0 radical (unpaired) electrons. The zero-order valence-corrected chi connectivity index (χ0v) is 11.3. The molecular weight excluding hydrogens is 254 g/mol.